The summed E-state index contributed by atoms with van der Waals surface area (Å²) >= 11 is 0. The Morgan fingerprint density at radius 2 is 2.06 bits per heavy atom. The standard InChI is InChI=1S/C12H11F3N2O/c13-12(14,15)9-3-1-2-8(6-9)10-7-17-18-11(10)4-5-16/h1-3,6-7H,4-5,16H2. The molecule has 0 aliphatic carbocycles. The molecule has 0 atom stereocenters. The Hall–Kier alpha value is -1.82. The van der Waals surface area contributed by atoms with Crippen LogP contribution in [0.15, 0.2) is 35.0 Å². The fraction of sp³-hybridized carbons (Fsp3) is 0.250. The average molecular weight is 256 g/mol. The summed E-state index contributed by atoms with van der Waals surface area (Å²) in [4.78, 5) is 0. The highest BCUT2D eigenvalue weighted by molar-refractivity contribution is 5.65. The van der Waals surface area contributed by atoms with Gasteiger partial charge in [0, 0.05) is 12.0 Å². The molecule has 18 heavy (non-hydrogen) atoms. The summed E-state index contributed by atoms with van der Waals surface area (Å²) in [6.07, 6.45) is -2.52. The van der Waals surface area contributed by atoms with Gasteiger partial charge in [0.15, 0.2) is 0 Å². The molecule has 96 valence electrons. The molecule has 2 rings (SSSR count). The van der Waals surface area contributed by atoms with Gasteiger partial charge < -0.3 is 10.3 Å². The first kappa shape index (κ1) is 12.6. The van der Waals surface area contributed by atoms with Gasteiger partial charge in [-0.15, -0.1) is 0 Å². The molecule has 2 aromatic rings. The Bertz CT molecular complexity index is 534. The van der Waals surface area contributed by atoms with Crippen LogP contribution in [-0.2, 0) is 12.6 Å². The van der Waals surface area contributed by atoms with E-state index in [9.17, 15) is 13.2 Å². The first-order chi connectivity index (χ1) is 8.52. The lowest BCUT2D eigenvalue weighted by atomic mass is 10.0. The molecular weight excluding hydrogens is 245 g/mol. The highest BCUT2D eigenvalue weighted by atomic mass is 19.4. The monoisotopic (exact) mass is 256 g/mol. The molecule has 2 N–H and O–H groups in total. The molecule has 0 bridgehead atoms. The van der Waals surface area contributed by atoms with Crippen LogP contribution in [0.3, 0.4) is 0 Å². The van der Waals surface area contributed by atoms with E-state index < -0.39 is 11.7 Å². The molecule has 0 unspecified atom stereocenters. The summed E-state index contributed by atoms with van der Waals surface area (Å²) in [5, 5.41) is 3.60. The summed E-state index contributed by atoms with van der Waals surface area (Å²) in [6.45, 7) is 0.348. The van der Waals surface area contributed by atoms with Crippen LogP contribution < -0.4 is 5.73 Å². The van der Waals surface area contributed by atoms with Gasteiger partial charge in [-0.2, -0.15) is 13.2 Å². The number of hydrogen-bond donors (Lipinski definition) is 1. The summed E-state index contributed by atoms with van der Waals surface area (Å²) in [5.74, 6) is 0.497. The highest BCUT2D eigenvalue weighted by Gasteiger charge is 2.30. The van der Waals surface area contributed by atoms with E-state index >= 15 is 0 Å². The van der Waals surface area contributed by atoms with Crippen molar-refractivity contribution in [2.45, 2.75) is 12.6 Å². The first-order valence-electron chi connectivity index (χ1n) is 5.33. The average Bonchev–Trinajstić information content (AvgIpc) is 2.77. The van der Waals surface area contributed by atoms with Crippen molar-refractivity contribution in [2.24, 2.45) is 5.73 Å². The second-order valence-corrected chi connectivity index (χ2v) is 3.78. The molecular formula is C12H11F3N2O. The Balaban J connectivity index is 2.42. The van der Waals surface area contributed by atoms with Gasteiger partial charge in [0.25, 0.3) is 0 Å². The number of hydrogen-bond acceptors (Lipinski definition) is 3. The number of aromatic nitrogens is 1. The predicted molar refractivity (Wildman–Crippen MR) is 59.7 cm³/mol. The predicted octanol–water partition coefficient (Wildman–Crippen LogP) is 2.86. The van der Waals surface area contributed by atoms with Crippen molar-refractivity contribution in [3.63, 3.8) is 0 Å². The quantitative estimate of drug-likeness (QED) is 0.918. The van der Waals surface area contributed by atoms with Crippen molar-refractivity contribution in [3.05, 3.63) is 41.8 Å². The second-order valence-electron chi connectivity index (χ2n) is 3.78. The largest absolute Gasteiger partial charge is 0.416 e. The molecule has 1 aromatic carbocycles. The maximum absolute atomic E-state index is 12.6. The minimum absolute atomic E-state index is 0.348. The van der Waals surface area contributed by atoms with E-state index in [-0.39, 0.29) is 0 Å². The molecule has 0 spiro atoms. The van der Waals surface area contributed by atoms with E-state index in [2.05, 4.69) is 5.16 Å². The van der Waals surface area contributed by atoms with Crippen LogP contribution in [0.2, 0.25) is 0 Å². The van der Waals surface area contributed by atoms with Crippen molar-refractivity contribution < 1.29 is 17.7 Å². The van der Waals surface area contributed by atoms with E-state index in [1.54, 1.807) is 6.07 Å². The minimum Gasteiger partial charge on any atom is -0.361 e. The maximum atomic E-state index is 12.6. The van der Waals surface area contributed by atoms with E-state index in [0.717, 1.165) is 12.1 Å². The molecule has 3 nitrogen and oxygen atoms in total. The van der Waals surface area contributed by atoms with Gasteiger partial charge in [0.2, 0.25) is 0 Å². The van der Waals surface area contributed by atoms with Crippen molar-refractivity contribution >= 4 is 0 Å². The van der Waals surface area contributed by atoms with Crippen LogP contribution in [0.4, 0.5) is 13.2 Å². The van der Waals surface area contributed by atoms with E-state index in [1.165, 1.54) is 12.3 Å². The smallest absolute Gasteiger partial charge is 0.361 e. The zero-order valence-corrected chi connectivity index (χ0v) is 9.37. The van der Waals surface area contributed by atoms with E-state index in [1.807, 2.05) is 0 Å². The van der Waals surface area contributed by atoms with Crippen LogP contribution in [0, 0.1) is 0 Å². The van der Waals surface area contributed by atoms with Gasteiger partial charge in [0.1, 0.15) is 5.76 Å². The van der Waals surface area contributed by atoms with Crippen molar-refractivity contribution in [1.82, 2.24) is 5.16 Å². The molecule has 0 fully saturated rings. The normalized spacial score (nSPS) is 11.8. The van der Waals surface area contributed by atoms with Gasteiger partial charge in [-0.3, -0.25) is 0 Å². The Morgan fingerprint density at radius 1 is 1.28 bits per heavy atom. The fourth-order valence-electron chi connectivity index (χ4n) is 1.67. The SMILES string of the molecule is NCCc1oncc1-c1cccc(C(F)(F)F)c1. The highest BCUT2D eigenvalue weighted by Crippen LogP contribution is 2.33. The van der Waals surface area contributed by atoms with Crippen LogP contribution in [0.5, 0.6) is 0 Å². The maximum Gasteiger partial charge on any atom is 0.416 e. The third kappa shape index (κ3) is 2.53. The number of halogens is 3. The van der Waals surface area contributed by atoms with Crippen molar-refractivity contribution in [3.8, 4) is 11.1 Å². The molecule has 0 aliphatic heterocycles. The number of nitrogens with zero attached hydrogens (tertiary/aromatic N) is 1. The Labute approximate surface area is 101 Å². The van der Waals surface area contributed by atoms with Crippen LogP contribution in [-0.4, -0.2) is 11.7 Å². The van der Waals surface area contributed by atoms with Crippen LogP contribution in [0.25, 0.3) is 11.1 Å². The Morgan fingerprint density at radius 3 is 2.72 bits per heavy atom. The Kier molecular flexibility index (Phi) is 3.38. The molecule has 1 heterocycles. The van der Waals surface area contributed by atoms with E-state index in [0.29, 0.717) is 29.9 Å². The lowest BCUT2D eigenvalue weighted by molar-refractivity contribution is -0.137. The van der Waals surface area contributed by atoms with Crippen molar-refractivity contribution in [2.75, 3.05) is 6.54 Å². The second kappa shape index (κ2) is 4.81. The third-order valence-electron chi connectivity index (χ3n) is 2.52. The zero-order chi connectivity index (χ0) is 13.2. The summed E-state index contributed by atoms with van der Waals surface area (Å²) in [6, 6.07) is 5.05. The zero-order valence-electron chi connectivity index (χ0n) is 9.37. The minimum atomic E-state index is -4.36. The lowest BCUT2D eigenvalue weighted by Crippen LogP contribution is -2.05. The number of rotatable bonds is 3. The van der Waals surface area contributed by atoms with Crippen LogP contribution in [0.1, 0.15) is 11.3 Å². The molecule has 0 radical (unpaired) electrons. The van der Waals surface area contributed by atoms with Gasteiger partial charge >= 0.3 is 6.18 Å². The lowest BCUT2D eigenvalue weighted by Gasteiger charge is -2.08. The summed E-state index contributed by atoms with van der Waals surface area (Å²) < 4.78 is 42.8. The number of alkyl halides is 3. The fourth-order valence-corrected chi connectivity index (χ4v) is 1.67. The number of nitrogens with two attached hydrogens (primary N) is 1. The van der Waals surface area contributed by atoms with Gasteiger partial charge in [-0.25, -0.2) is 0 Å². The van der Waals surface area contributed by atoms with Gasteiger partial charge in [-0.05, 0) is 24.2 Å². The van der Waals surface area contributed by atoms with Gasteiger partial charge in [-0.1, -0.05) is 17.3 Å². The van der Waals surface area contributed by atoms with Crippen LogP contribution >= 0.6 is 0 Å². The topological polar surface area (TPSA) is 52.0 Å². The molecule has 0 aliphatic rings. The van der Waals surface area contributed by atoms with Crippen molar-refractivity contribution in [1.29, 1.82) is 0 Å². The number of benzene rings is 1. The molecule has 1 aromatic heterocycles. The van der Waals surface area contributed by atoms with Gasteiger partial charge in [0.05, 0.1) is 11.8 Å². The van der Waals surface area contributed by atoms with E-state index in [4.69, 9.17) is 10.3 Å². The third-order valence-corrected chi connectivity index (χ3v) is 2.52. The molecule has 6 heteroatoms. The molecule has 0 amide bonds. The summed E-state index contributed by atoms with van der Waals surface area (Å²) in [7, 11) is 0. The molecule has 0 saturated heterocycles. The first-order valence-corrected chi connectivity index (χ1v) is 5.33. The summed E-state index contributed by atoms with van der Waals surface area (Å²) in [5.41, 5.74) is 5.68. The molecule has 0 saturated carbocycles.